The second kappa shape index (κ2) is 7.84. The van der Waals surface area contributed by atoms with Crippen molar-refractivity contribution in [2.24, 2.45) is 0 Å². The van der Waals surface area contributed by atoms with Crippen LogP contribution in [0.15, 0.2) is 47.4 Å². The van der Waals surface area contributed by atoms with E-state index in [4.69, 9.17) is 9.84 Å². The Morgan fingerprint density at radius 3 is 2.26 bits per heavy atom. The molecule has 0 amide bonds. The lowest BCUT2D eigenvalue weighted by Crippen LogP contribution is -2.14. The number of nitrogens with one attached hydrogen (secondary N) is 1. The van der Waals surface area contributed by atoms with E-state index in [-0.39, 0.29) is 30.2 Å². The fourth-order valence-electron chi connectivity index (χ4n) is 2.08. The molecule has 27 heavy (non-hydrogen) atoms. The monoisotopic (exact) mass is 405 g/mol. The van der Waals surface area contributed by atoms with Crippen LogP contribution in [-0.2, 0) is 16.2 Å². The number of benzene rings is 2. The van der Waals surface area contributed by atoms with Crippen molar-refractivity contribution in [3.63, 3.8) is 0 Å². The van der Waals surface area contributed by atoms with Gasteiger partial charge in [0.1, 0.15) is 17.9 Å². The molecule has 0 spiro atoms. The zero-order valence-corrected chi connectivity index (χ0v) is 14.3. The molecule has 146 valence electrons. The van der Waals surface area contributed by atoms with Gasteiger partial charge in [0.25, 0.3) is 10.0 Å². The molecule has 0 aliphatic rings. The molecule has 0 fully saturated rings. The molecule has 0 bridgehead atoms. The van der Waals surface area contributed by atoms with Crippen LogP contribution in [0.2, 0.25) is 0 Å². The zero-order chi connectivity index (χ0) is 20.2. The Bertz CT molecular complexity index is 926. The normalized spacial score (nSPS) is 11.9. The number of anilines is 1. The Balaban J connectivity index is 2.29. The van der Waals surface area contributed by atoms with E-state index < -0.39 is 32.6 Å². The summed E-state index contributed by atoms with van der Waals surface area (Å²) in [6.45, 7) is -0.502. The number of aliphatic hydroxyl groups is 1. The van der Waals surface area contributed by atoms with Gasteiger partial charge < -0.3 is 14.9 Å². The third-order valence-electron chi connectivity index (χ3n) is 3.30. The zero-order valence-electron chi connectivity index (χ0n) is 13.5. The molecule has 0 aliphatic heterocycles. The summed E-state index contributed by atoms with van der Waals surface area (Å²) in [5.74, 6) is -1.47. The van der Waals surface area contributed by atoms with Crippen LogP contribution in [0.4, 0.5) is 18.9 Å². The number of carboxylic acid groups (broad SMARTS) is 1. The van der Waals surface area contributed by atoms with Crippen molar-refractivity contribution >= 4 is 21.7 Å². The SMILES string of the molecule is O=C(O)c1cc(NS(=O)(=O)c2ccc(C(F)(F)F)cc2)ccc1OCCO. The largest absolute Gasteiger partial charge is 0.490 e. The lowest BCUT2D eigenvalue weighted by molar-refractivity contribution is -0.137. The number of sulfonamides is 1. The predicted octanol–water partition coefficient (Wildman–Crippen LogP) is 2.58. The lowest BCUT2D eigenvalue weighted by atomic mass is 10.2. The second-order valence-electron chi connectivity index (χ2n) is 5.22. The van der Waals surface area contributed by atoms with Gasteiger partial charge in [-0.25, -0.2) is 13.2 Å². The first-order valence-corrected chi connectivity index (χ1v) is 8.84. The van der Waals surface area contributed by atoms with Gasteiger partial charge in [0.05, 0.1) is 17.1 Å². The van der Waals surface area contributed by atoms with Crippen molar-refractivity contribution in [2.45, 2.75) is 11.1 Å². The van der Waals surface area contributed by atoms with Gasteiger partial charge in [-0.3, -0.25) is 4.72 Å². The molecule has 7 nitrogen and oxygen atoms in total. The Kier molecular flexibility index (Phi) is 5.96. The van der Waals surface area contributed by atoms with Gasteiger partial charge in [0, 0.05) is 5.69 Å². The molecule has 0 radical (unpaired) electrons. The van der Waals surface area contributed by atoms with Crippen LogP contribution in [0.1, 0.15) is 15.9 Å². The standard InChI is InChI=1S/C16H14F3NO6S/c17-16(18,19)10-1-4-12(5-2-10)27(24,25)20-11-3-6-14(26-8-7-21)13(9-11)15(22)23/h1-6,9,20-21H,7-8H2,(H,22,23). The Morgan fingerprint density at radius 1 is 1.11 bits per heavy atom. The van der Waals surface area contributed by atoms with Gasteiger partial charge in [0.2, 0.25) is 0 Å². The third-order valence-corrected chi connectivity index (χ3v) is 4.70. The lowest BCUT2D eigenvalue weighted by Gasteiger charge is -2.12. The summed E-state index contributed by atoms with van der Waals surface area (Å²) in [5, 5.41) is 17.9. The molecule has 0 unspecified atom stereocenters. The molecule has 11 heteroatoms. The maximum absolute atomic E-state index is 12.6. The van der Waals surface area contributed by atoms with Crippen LogP contribution in [0.3, 0.4) is 0 Å². The first-order valence-electron chi connectivity index (χ1n) is 7.35. The summed E-state index contributed by atoms with van der Waals surface area (Å²) >= 11 is 0. The minimum absolute atomic E-state index is 0.0750. The third kappa shape index (κ3) is 5.11. The summed E-state index contributed by atoms with van der Waals surface area (Å²) in [7, 11) is -4.24. The van der Waals surface area contributed by atoms with E-state index in [1.165, 1.54) is 12.1 Å². The number of aromatic carboxylic acids is 1. The fourth-order valence-corrected chi connectivity index (χ4v) is 3.13. The molecule has 0 saturated heterocycles. The average molecular weight is 405 g/mol. The fraction of sp³-hybridized carbons (Fsp3) is 0.188. The Morgan fingerprint density at radius 2 is 1.74 bits per heavy atom. The van der Waals surface area contributed by atoms with E-state index in [1.807, 2.05) is 0 Å². The molecule has 0 saturated carbocycles. The first kappa shape index (κ1) is 20.5. The summed E-state index contributed by atoms with van der Waals surface area (Å²) in [5.41, 5.74) is -1.47. The molecule has 2 rings (SSSR count). The van der Waals surface area contributed by atoms with Crippen molar-refractivity contribution < 1.29 is 41.3 Å². The number of carboxylic acids is 1. The van der Waals surface area contributed by atoms with E-state index in [0.717, 1.165) is 18.2 Å². The van der Waals surface area contributed by atoms with Gasteiger partial charge >= 0.3 is 12.1 Å². The van der Waals surface area contributed by atoms with Crippen LogP contribution in [0, 0.1) is 0 Å². The Hall–Kier alpha value is -2.79. The smallest absolute Gasteiger partial charge is 0.416 e. The molecular formula is C16H14F3NO6S. The van der Waals surface area contributed by atoms with Gasteiger partial charge in [-0.05, 0) is 42.5 Å². The van der Waals surface area contributed by atoms with Crippen molar-refractivity contribution in [3.05, 3.63) is 53.6 Å². The van der Waals surface area contributed by atoms with Gasteiger partial charge in [-0.15, -0.1) is 0 Å². The molecule has 0 aromatic heterocycles. The maximum Gasteiger partial charge on any atom is 0.416 e. The highest BCUT2D eigenvalue weighted by atomic mass is 32.2. The number of rotatable bonds is 7. The number of aliphatic hydroxyl groups excluding tert-OH is 1. The van der Waals surface area contributed by atoms with Crippen LogP contribution in [0.5, 0.6) is 5.75 Å². The summed E-state index contributed by atoms with van der Waals surface area (Å²) in [6, 6.07) is 6.26. The highest BCUT2D eigenvalue weighted by Gasteiger charge is 2.30. The van der Waals surface area contributed by atoms with Gasteiger partial charge in [0.15, 0.2) is 0 Å². The summed E-state index contributed by atoms with van der Waals surface area (Å²) < 4.78 is 69.4. The molecular weight excluding hydrogens is 391 g/mol. The number of alkyl halides is 3. The molecule has 2 aromatic carbocycles. The van der Waals surface area contributed by atoms with Crippen molar-refractivity contribution in [1.82, 2.24) is 0 Å². The molecule has 0 heterocycles. The van der Waals surface area contributed by atoms with Gasteiger partial charge in [-0.2, -0.15) is 13.2 Å². The van der Waals surface area contributed by atoms with E-state index in [2.05, 4.69) is 4.72 Å². The summed E-state index contributed by atoms with van der Waals surface area (Å²) in [4.78, 5) is 10.9. The topological polar surface area (TPSA) is 113 Å². The average Bonchev–Trinajstić information content (AvgIpc) is 2.59. The number of ether oxygens (including phenoxy) is 1. The minimum atomic E-state index is -4.60. The number of hydrogen-bond donors (Lipinski definition) is 3. The maximum atomic E-state index is 12.6. The highest BCUT2D eigenvalue weighted by Crippen LogP contribution is 2.30. The number of carbonyl (C=O) groups is 1. The van der Waals surface area contributed by atoms with Crippen molar-refractivity contribution in [2.75, 3.05) is 17.9 Å². The molecule has 0 atom stereocenters. The molecule has 0 aliphatic carbocycles. The highest BCUT2D eigenvalue weighted by molar-refractivity contribution is 7.92. The van der Waals surface area contributed by atoms with E-state index >= 15 is 0 Å². The second-order valence-corrected chi connectivity index (χ2v) is 6.90. The Labute approximate surface area is 152 Å². The minimum Gasteiger partial charge on any atom is -0.490 e. The van der Waals surface area contributed by atoms with Gasteiger partial charge in [-0.1, -0.05) is 0 Å². The molecule has 3 N–H and O–H groups in total. The quantitative estimate of drug-likeness (QED) is 0.653. The van der Waals surface area contributed by atoms with Crippen LogP contribution in [0.25, 0.3) is 0 Å². The number of hydrogen-bond acceptors (Lipinski definition) is 5. The summed E-state index contributed by atoms with van der Waals surface area (Å²) in [6.07, 6.45) is -4.60. The first-order chi connectivity index (χ1) is 12.5. The van der Waals surface area contributed by atoms with Crippen LogP contribution >= 0.6 is 0 Å². The van der Waals surface area contributed by atoms with E-state index in [1.54, 1.807) is 0 Å². The van der Waals surface area contributed by atoms with Crippen molar-refractivity contribution in [1.29, 1.82) is 0 Å². The number of halogens is 3. The van der Waals surface area contributed by atoms with E-state index in [9.17, 15) is 31.5 Å². The van der Waals surface area contributed by atoms with E-state index in [0.29, 0.717) is 12.1 Å². The molecule has 2 aromatic rings. The predicted molar refractivity (Wildman–Crippen MR) is 88.2 cm³/mol. The van der Waals surface area contributed by atoms with Crippen molar-refractivity contribution in [3.8, 4) is 5.75 Å². The van der Waals surface area contributed by atoms with Crippen LogP contribution < -0.4 is 9.46 Å². The van der Waals surface area contributed by atoms with Crippen LogP contribution in [-0.4, -0.2) is 37.8 Å².